The molecule has 3 aromatic rings. The summed E-state index contributed by atoms with van der Waals surface area (Å²) >= 11 is 1.38. The van der Waals surface area contributed by atoms with Gasteiger partial charge in [0.25, 0.3) is 11.8 Å². The van der Waals surface area contributed by atoms with E-state index in [-0.39, 0.29) is 11.8 Å². The quantitative estimate of drug-likeness (QED) is 0.651. The highest BCUT2D eigenvalue weighted by Gasteiger charge is 2.31. The summed E-state index contributed by atoms with van der Waals surface area (Å²) < 4.78 is 0. The third-order valence-electron chi connectivity index (χ3n) is 5.78. The van der Waals surface area contributed by atoms with Gasteiger partial charge in [0.15, 0.2) is 5.82 Å². The van der Waals surface area contributed by atoms with Crippen LogP contribution in [0, 0.1) is 0 Å². The normalized spacial score (nSPS) is 17.1. The van der Waals surface area contributed by atoms with E-state index in [0.29, 0.717) is 41.1 Å². The SMILES string of the molecule is O=C(Nc1ccccc1C(=O)N1CCC(c2nc(C3CC3)n[nH]2)CC1)c1cccs1. The van der Waals surface area contributed by atoms with Crippen LogP contribution in [0.5, 0.6) is 0 Å². The highest BCUT2D eigenvalue weighted by molar-refractivity contribution is 7.12. The van der Waals surface area contributed by atoms with E-state index in [0.717, 1.165) is 24.5 Å². The van der Waals surface area contributed by atoms with Crippen LogP contribution in [0.25, 0.3) is 0 Å². The molecule has 2 N–H and O–H groups in total. The standard InChI is InChI=1S/C22H23N5O2S/c28-21(18-6-3-13-30-18)23-17-5-2-1-4-16(17)22(29)27-11-9-15(10-12-27)20-24-19(25-26-20)14-7-8-14/h1-6,13-15H,7-12H2,(H,23,28)(H,24,25,26). The van der Waals surface area contributed by atoms with Crippen molar-refractivity contribution in [1.29, 1.82) is 0 Å². The first-order chi connectivity index (χ1) is 14.7. The van der Waals surface area contributed by atoms with Gasteiger partial charge in [-0.05, 0) is 49.3 Å². The number of hydrogen-bond acceptors (Lipinski definition) is 5. The second kappa shape index (κ2) is 8.02. The maximum absolute atomic E-state index is 13.2. The predicted molar refractivity (Wildman–Crippen MR) is 115 cm³/mol. The molecular formula is C22H23N5O2S. The third-order valence-corrected chi connectivity index (χ3v) is 6.65. The highest BCUT2D eigenvalue weighted by Crippen LogP contribution is 2.38. The molecule has 1 aromatic carbocycles. The lowest BCUT2D eigenvalue weighted by molar-refractivity contribution is 0.0712. The molecular weight excluding hydrogens is 398 g/mol. The molecule has 0 spiro atoms. The fourth-order valence-electron chi connectivity index (χ4n) is 3.89. The number of para-hydroxylation sites is 1. The van der Waals surface area contributed by atoms with Gasteiger partial charge in [0.05, 0.1) is 16.1 Å². The Morgan fingerprint density at radius 2 is 1.83 bits per heavy atom. The van der Waals surface area contributed by atoms with Crippen LogP contribution < -0.4 is 5.32 Å². The second-order valence-electron chi connectivity index (χ2n) is 7.90. The molecule has 30 heavy (non-hydrogen) atoms. The molecule has 1 saturated heterocycles. The van der Waals surface area contributed by atoms with Gasteiger partial charge in [-0.3, -0.25) is 14.7 Å². The topological polar surface area (TPSA) is 91.0 Å². The number of benzene rings is 1. The summed E-state index contributed by atoms with van der Waals surface area (Å²) in [6.45, 7) is 1.33. The van der Waals surface area contributed by atoms with Crippen LogP contribution in [0.4, 0.5) is 5.69 Å². The van der Waals surface area contributed by atoms with E-state index in [1.807, 2.05) is 28.5 Å². The number of anilines is 1. The molecule has 5 rings (SSSR count). The molecule has 7 nitrogen and oxygen atoms in total. The lowest BCUT2D eigenvalue weighted by atomic mass is 9.95. The van der Waals surface area contributed by atoms with Crippen LogP contribution >= 0.6 is 11.3 Å². The molecule has 1 aliphatic carbocycles. The summed E-state index contributed by atoms with van der Waals surface area (Å²) in [7, 11) is 0. The lowest BCUT2D eigenvalue weighted by Gasteiger charge is -2.31. The van der Waals surface area contributed by atoms with Gasteiger partial charge < -0.3 is 10.2 Å². The number of H-pyrrole nitrogens is 1. The van der Waals surface area contributed by atoms with Gasteiger partial charge in [0, 0.05) is 24.9 Å². The number of piperidine rings is 1. The summed E-state index contributed by atoms with van der Waals surface area (Å²) in [5.41, 5.74) is 1.07. The summed E-state index contributed by atoms with van der Waals surface area (Å²) in [4.78, 5) is 32.8. The van der Waals surface area contributed by atoms with E-state index in [2.05, 4.69) is 20.5 Å². The first-order valence-corrected chi connectivity index (χ1v) is 11.2. The van der Waals surface area contributed by atoms with Gasteiger partial charge in [-0.2, -0.15) is 5.10 Å². The minimum Gasteiger partial charge on any atom is -0.339 e. The molecule has 2 aliphatic rings. The smallest absolute Gasteiger partial charge is 0.265 e. The van der Waals surface area contributed by atoms with Crippen LogP contribution in [0.15, 0.2) is 41.8 Å². The van der Waals surface area contributed by atoms with Crippen molar-refractivity contribution in [3.63, 3.8) is 0 Å². The molecule has 1 aliphatic heterocycles. The fourth-order valence-corrected chi connectivity index (χ4v) is 4.51. The Bertz CT molecular complexity index is 1050. The molecule has 0 atom stereocenters. The molecule has 2 amide bonds. The van der Waals surface area contributed by atoms with Crippen molar-refractivity contribution in [2.24, 2.45) is 0 Å². The molecule has 0 unspecified atom stereocenters. The number of aromatic amines is 1. The number of thiophene rings is 1. The Morgan fingerprint density at radius 1 is 1.03 bits per heavy atom. The van der Waals surface area contributed by atoms with Crippen molar-refractivity contribution >= 4 is 28.8 Å². The Labute approximate surface area is 178 Å². The number of carbonyl (C=O) groups excluding carboxylic acids is 2. The van der Waals surface area contributed by atoms with E-state index in [1.165, 1.54) is 24.2 Å². The minimum absolute atomic E-state index is 0.0493. The molecule has 3 heterocycles. The summed E-state index contributed by atoms with van der Waals surface area (Å²) in [5, 5.41) is 12.2. The second-order valence-corrected chi connectivity index (χ2v) is 8.84. The number of amides is 2. The number of hydrogen-bond donors (Lipinski definition) is 2. The summed E-state index contributed by atoms with van der Waals surface area (Å²) in [5.74, 6) is 2.50. The Morgan fingerprint density at radius 3 is 2.57 bits per heavy atom. The summed E-state index contributed by atoms with van der Waals surface area (Å²) in [6, 6.07) is 10.8. The van der Waals surface area contributed by atoms with E-state index < -0.39 is 0 Å². The molecule has 2 fully saturated rings. The zero-order valence-electron chi connectivity index (χ0n) is 16.5. The third kappa shape index (κ3) is 3.87. The number of carbonyl (C=O) groups is 2. The molecule has 1 saturated carbocycles. The summed E-state index contributed by atoms with van der Waals surface area (Å²) in [6.07, 6.45) is 4.09. The van der Waals surface area contributed by atoms with Crippen LogP contribution in [-0.2, 0) is 0 Å². The number of rotatable bonds is 5. The Kier molecular flexibility index (Phi) is 5.08. The first-order valence-electron chi connectivity index (χ1n) is 10.3. The molecule has 0 bridgehead atoms. The van der Waals surface area contributed by atoms with Crippen molar-refractivity contribution in [2.75, 3.05) is 18.4 Å². The minimum atomic E-state index is -0.194. The van der Waals surface area contributed by atoms with Gasteiger partial charge in [-0.15, -0.1) is 11.3 Å². The van der Waals surface area contributed by atoms with Crippen molar-refractivity contribution in [2.45, 2.75) is 37.5 Å². The van der Waals surface area contributed by atoms with E-state index >= 15 is 0 Å². The lowest BCUT2D eigenvalue weighted by Crippen LogP contribution is -2.38. The number of likely N-dealkylation sites (tertiary alicyclic amines) is 1. The van der Waals surface area contributed by atoms with Crippen LogP contribution in [0.1, 0.15) is 69.2 Å². The van der Waals surface area contributed by atoms with Gasteiger partial charge in [0.2, 0.25) is 0 Å². The van der Waals surface area contributed by atoms with Gasteiger partial charge in [0.1, 0.15) is 5.82 Å². The fraction of sp³-hybridized carbons (Fsp3) is 0.364. The van der Waals surface area contributed by atoms with E-state index in [9.17, 15) is 9.59 Å². The van der Waals surface area contributed by atoms with Crippen LogP contribution in [0.3, 0.4) is 0 Å². The van der Waals surface area contributed by atoms with Crippen LogP contribution in [-0.4, -0.2) is 45.0 Å². The van der Waals surface area contributed by atoms with Gasteiger partial charge in [-0.1, -0.05) is 18.2 Å². The van der Waals surface area contributed by atoms with E-state index in [1.54, 1.807) is 18.2 Å². The van der Waals surface area contributed by atoms with Crippen molar-refractivity contribution in [3.8, 4) is 0 Å². The predicted octanol–water partition coefficient (Wildman–Crippen LogP) is 4.02. The Hall–Kier alpha value is -3.00. The van der Waals surface area contributed by atoms with Gasteiger partial charge in [-0.25, -0.2) is 4.98 Å². The number of nitrogens with zero attached hydrogens (tertiary/aromatic N) is 3. The van der Waals surface area contributed by atoms with Crippen molar-refractivity contribution < 1.29 is 9.59 Å². The van der Waals surface area contributed by atoms with Crippen molar-refractivity contribution in [1.82, 2.24) is 20.1 Å². The number of nitrogens with one attached hydrogen (secondary N) is 2. The van der Waals surface area contributed by atoms with Crippen LogP contribution in [0.2, 0.25) is 0 Å². The highest BCUT2D eigenvalue weighted by atomic mass is 32.1. The monoisotopic (exact) mass is 421 g/mol. The van der Waals surface area contributed by atoms with E-state index in [4.69, 9.17) is 0 Å². The zero-order valence-corrected chi connectivity index (χ0v) is 17.3. The maximum atomic E-state index is 13.2. The molecule has 0 radical (unpaired) electrons. The first kappa shape index (κ1) is 19.0. The maximum Gasteiger partial charge on any atom is 0.265 e. The average molecular weight is 422 g/mol. The average Bonchev–Trinajstić information content (AvgIpc) is 3.27. The largest absolute Gasteiger partial charge is 0.339 e. The number of aromatic nitrogens is 3. The Balaban J connectivity index is 1.25. The molecule has 154 valence electrons. The molecule has 2 aromatic heterocycles. The zero-order chi connectivity index (χ0) is 20.5. The van der Waals surface area contributed by atoms with Crippen molar-refractivity contribution in [3.05, 3.63) is 63.9 Å². The van der Waals surface area contributed by atoms with Gasteiger partial charge >= 0.3 is 0 Å². The molecule has 8 heteroatoms.